The fraction of sp³-hybridized carbons (Fsp3) is 0.155. The number of thiocarbonyl (C=S) groups is 1. The van der Waals surface area contributed by atoms with Crippen molar-refractivity contribution in [1.82, 2.24) is 30.2 Å². The maximum atomic E-state index is 15.3. The Morgan fingerprint density at radius 1 is 0.674 bits per heavy atom. The van der Waals surface area contributed by atoms with Gasteiger partial charge in [-0.25, -0.2) is 14.5 Å². The third-order valence-electron chi connectivity index (χ3n) is 15.1. The maximum absolute atomic E-state index is 15.3. The second-order valence-electron chi connectivity index (χ2n) is 22.0. The summed E-state index contributed by atoms with van der Waals surface area (Å²) < 4.78 is 14.4. The van der Waals surface area contributed by atoms with Crippen molar-refractivity contribution in [1.29, 1.82) is 0 Å². The number of thioether (sulfide) groups is 2. The monoisotopic (exact) mass is 1250 g/mol. The number of hydrogen-bond donors (Lipinski definition) is 2. The van der Waals surface area contributed by atoms with Crippen LogP contribution in [-0.4, -0.2) is 82.1 Å². The summed E-state index contributed by atoms with van der Waals surface area (Å²) >= 11 is 10.4. The average Bonchev–Trinajstić information content (AvgIpc) is 1.67. The molecule has 1 fully saturated rings. The number of carbonyl (C=O) groups excluding carboxylic acids is 3. The van der Waals surface area contributed by atoms with Crippen molar-refractivity contribution >= 4 is 80.9 Å². The zero-order valence-electron chi connectivity index (χ0n) is 48.7. The minimum absolute atomic E-state index is 0.0781. The Bertz CT molecular complexity index is 3930. The Morgan fingerprint density at radius 2 is 1.13 bits per heavy atom. The van der Waals surface area contributed by atoms with Gasteiger partial charge < -0.3 is 19.6 Å². The molecule has 0 saturated carbocycles. The van der Waals surface area contributed by atoms with Crippen LogP contribution in [0, 0.1) is 0 Å². The molecular weight excluding hydrogens is 1190 g/mol. The van der Waals surface area contributed by atoms with E-state index in [4.69, 9.17) is 42.0 Å². The Hall–Kier alpha value is -9.46. The summed E-state index contributed by atoms with van der Waals surface area (Å²) in [4.78, 5) is 56.8. The van der Waals surface area contributed by atoms with Crippen molar-refractivity contribution < 1.29 is 28.7 Å². The van der Waals surface area contributed by atoms with E-state index < -0.39 is 52.2 Å². The molecule has 0 spiro atoms. The molecule has 2 atom stereocenters. The molecule has 18 heteroatoms. The summed E-state index contributed by atoms with van der Waals surface area (Å²) in [5, 5.41) is 22.0. The van der Waals surface area contributed by atoms with Crippen LogP contribution in [-0.2, 0) is 35.0 Å². The first-order chi connectivity index (χ1) is 43.4. The number of thiazole rings is 1. The van der Waals surface area contributed by atoms with Crippen LogP contribution < -0.4 is 10.6 Å². The molecule has 8 aromatic carbocycles. The largest absolute Gasteiger partial charge is 0.469 e. The molecular formula is C71H60N8O6S4. The normalized spacial score (nSPS) is 15.2. The highest BCUT2D eigenvalue weighted by Gasteiger charge is 2.54. The van der Waals surface area contributed by atoms with E-state index in [1.807, 2.05) is 217 Å². The van der Waals surface area contributed by atoms with E-state index in [-0.39, 0.29) is 21.6 Å². The van der Waals surface area contributed by atoms with E-state index >= 15 is 9.59 Å². The molecule has 1 saturated heterocycles. The maximum Gasteiger partial charge on any atom is 0.413 e. The van der Waals surface area contributed by atoms with Crippen LogP contribution in [0.2, 0.25) is 0 Å². The number of β-lactam (4-membered cyclic amide) rings is 1. The van der Waals surface area contributed by atoms with Gasteiger partial charge in [0.2, 0.25) is 10.7 Å². The molecule has 2 aromatic heterocycles. The molecule has 14 nitrogen and oxygen atoms in total. The van der Waals surface area contributed by atoms with Crippen LogP contribution in [0.5, 0.6) is 0 Å². The summed E-state index contributed by atoms with van der Waals surface area (Å²) in [5.74, 6) is -0.399. The van der Waals surface area contributed by atoms with E-state index in [2.05, 4.69) is 52.0 Å². The van der Waals surface area contributed by atoms with Gasteiger partial charge in [-0.1, -0.05) is 265 Å². The lowest BCUT2D eigenvalue weighted by Crippen LogP contribution is -2.71. The number of nitrogens with zero attached hydrogens (tertiary/aromatic N) is 6. The number of oxime groups is 1. The standard InChI is InChI=1S/C71H60N8O6S4/c1-69(2,3)84-68(82)74-67-72-57(47-89-67)59(76-85-71(54-38-22-9-23-39-54,55-40-24-10-25-41-55)56-42-26-11-27-43-56)63(80)73-60-64(81)79-61(66(86)83-62(48-28-12-4-13-29-48)49-30-14-5-15-31-49)50(46-88-65(60)79)45-87-58-44-78(77-75-58)70(51-32-16-6-17-33-51,52-34-18-7-19-35-52)53-36-20-8-21-37-53/h4-44,47,60,62,65H,45-46H2,1-3H3,(H,73,80)(H,72,74,82)/b76-59-/t60-,65-/m1/s1. The van der Waals surface area contributed by atoms with E-state index in [1.165, 1.54) is 23.5 Å². The van der Waals surface area contributed by atoms with Gasteiger partial charge in [0.1, 0.15) is 39.4 Å². The van der Waals surface area contributed by atoms with Crippen LogP contribution in [0.25, 0.3) is 0 Å². The Balaban J connectivity index is 0.898. The van der Waals surface area contributed by atoms with Gasteiger partial charge in [-0.2, -0.15) is 0 Å². The number of fused-ring (bicyclic) bond motifs is 1. The summed E-state index contributed by atoms with van der Waals surface area (Å²) in [7, 11) is 0. The minimum Gasteiger partial charge on any atom is -0.469 e. The first kappa shape index (κ1) is 59.9. The van der Waals surface area contributed by atoms with Crippen molar-refractivity contribution in [2.24, 2.45) is 5.16 Å². The number of anilines is 1. The quantitative estimate of drug-likeness (QED) is 0.0186. The molecule has 2 N–H and O–H groups in total. The van der Waals surface area contributed by atoms with Gasteiger partial charge in [-0.3, -0.25) is 19.8 Å². The molecule has 10 aromatic rings. The van der Waals surface area contributed by atoms with Crippen molar-refractivity contribution in [3.63, 3.8) is 0 Å². The summed E-state index contributed by atoms with van der Waals surface area (Å²) in [6.07, 6.45) is 0.612. The minimum atomic E-state index is -1.39. The summed E-state index contributed by atoms with van der Waals surface area (Å²) in [6.45, 7) is 5.27. The number of hydrogen-bond acceptors (Lipinski definition) is 14. The topological polar surface area (TPSA) is 162 Å². The molecule has 2 aliphatic heterocycles. The molecule has 444 valence electrons. The SMILES string of the molecule is CC(C)(C)OC(=O)Nc1nc(/C(=N/OC(c2ccccc2)(c2ccccc2)c2ccccc2)C(=O)N[C@@H]2C(=O)N3C(C(=S)OC(c4ccccc4)c4ccccc4)=C(CSc4cn(C(c5ccccc5)(c5ccccc5)c5ccccc5)nn4)CS[C@H]23)cs1. The van der Waals surface area contributed by atoms with Gasteiger partial charge in [0, 0.05) is 33.6 Å². The third-order valence-corrected chi connectivity index (χ3v) is 18.5. The Labute approximate surface area is 534 Å². The van der Waals surface area contributed by atoms with Crippen LogP contribution in [0.15, 0.2) is 276 Å². The first-order valence-electron chi connectivity index (χ1n) is 28.8. The van der Waals surface area contributed by atoms with Crippen molar-refractivity contribution in [2.45, 2.75) is 60.1 Å². The van der Waals surface area contributed by atoms with Crippen LogP contribution in [0.4, 0.5) is 9.93 Å². The molecule has 89 heavy (non-hydrogen) atoms. The highest BCUT2D eigenvalue weighted by Crippen LogP contribution is 2.46. The van der Waals surface area contributed by atoms with Gasteiger partial charge in [-0.05, 0) is 66.4 Å². The van der Waals surface area contributed by atoms with Crippen molar-refractivity contribution in [3.8, 4) is 0 Å². The van der Waals surface area contributed by atoms with Gasteiger partial charge in [0.05, 0.1) is 11.9 Å². The van der Waals surface area contributed by atoms with Crippen LogP contribution in [0.1, 0.15) is 77.1 Å². The number of carbonyl (C=O) groups is 3. The van der Waals surface area contributed by atoms with Crippen LogP contribution in [0.3, 0.4) is 0 Å². The molecule has 3 amide bonds. The fourth-order valence-electron chi connectivity index (χ4n) is 11.1. The number of ether oxygens (including phenoxy) is 2. The predicted molar refractivity (Wildman–Crippen MR) is 355 cm³/mol. The van der Waals surface area contributed by atoms with E-state index in [9.17, 15) is 4.79 Å². The molecule has 0 bridgehead atoms. The highest BCUT2D eigenvalue weighted by molar-refractivity contribution is 8.01. The molecule has 0 aliphatic carbocycles. The average molecular weight is 1250 g/mol. The molecule has 4 heterocycles. The number of nitrogens with one attached hydrogen (secondary N) is 2. The predicted octanol–water partition coefficient (Wildman–Crippen LogP) is 14.2. The Kier molecular flexibility index (Phi) is 17.8. The number of rotatable bonds is 20. The summed E-state index contributed by atoms with van der Waals surface area (Å²) in [5.41, 5.74) is 4.96. The van der Waals surface area contributed by atoms with Crippen molar-refractivity contribution in [2.75, 3.05) is 16.8 Å². The molecule has 2 aliphatic rings. The van der Waals surface area contributed by atoms with E-state index in [1.54, 1.807) is 31.1 Å². The van der Waals surface area contributed by atoms with E-state index in [0.29, 0.717) is 22.2 Å². The van der Waals surface area contributed by atoms with Crippen LogP contribution >= 0.6 is 47.1 Å². The second-order valence-corrected chi connectivity index (χ2v) is 25.3. The van der Waals surface area contributed by atoms with E-state index in [0.717, 1.165) is 61.4 Å². The van der Waals surface area contributed by atoms with Gasteiger partial charge >= 0.3 is 6.09 Å². The lowest BCUT2D eigenvalue weighted by molar-refractivity contribution is -0.144. The van der Waals surface area contributed by atoms with Gasteiger partial charge in [0.15, 0.2) is 10.8 Å². The smallest absolute Gasteiger partial charge is 0.413 e. The molecule has 12 rings (SSSR count). The number of aromatic nitrogens is 4. The molecule has 0 radical (unpaired) electrons. The first-order valence-corrected chi connectivity index (χ1v) is 32.1. The number of amides is 3. The highest BCUT2D eigenvalue weighted by atomic mass is 32.2. The van der Waals surface area contributed by atoms with Crippen molar-refractivity contribution in [3.05, 3.63) is 316 Å². The summed E-state index contributed by atoms with van der Waals surface area (Å²) in [6, 6.07) is 78.3. The van der Waals surface area contributed by atoms with Gasteiger partial charge in [0.25, 0.3) is 11.8 Å². The number of benzene rings is 8. The fourth-order valence-corrected chi connectivity index (χ4v) is 14.5. The zero-order valence-corrected chi connectivity index (χ0v) is 51.9. The van der Waals surface area contributed by atoms with Gasteiger partial charge in [-0.15, -0.1) is 28.2 Å². The lowest BCUT2D eigenvalue weighted by atomic mass is 9.77. The molecule has 0 unspecified atom stereocenters. The third kappa shape index (κ3) is 12.5. The second kappa shape index (κ2) is 26.5. The zero-order chi connectivity index (χ0) is 61.4. The lowest BCUT2D eigenvalue weighted by Gasteiger charge is -2.50. The Morgan fingerprint density at radius 3 is 1.61 bits per heavy atom.